The van der Waals surface area contributed by atoms with E-state index in [4.69, 9.17) is 4.74 Å². The third kappa shape index (κ3) is 2.74. The molecule has 2 heteroatoms. The minimum absolute atomic E-state index is 0.214. The van der Waals surface area contributed by atoms with Gasteiger partial charge in [-0.2, -0.15) is 0 Å². The van der Waals surface area contributed by atoms with Gasteiger partial charge in [-0.25, -0.2) is 0 Å². The Morgan fingerprint density at radius 1 is 1.46 bits per heavy atom. The number of esters is 1. The maximum absolute atomic E-state index is 10.9. The number of hydrogen-bond donors (Lipinski definition) is 0. The first-order valence-corrected chi connectivity index (χ1v) is 4.75. The third-order valence-corrected chi connectivity index (χ3v) is 2.41. The molecule has 1 saturated carbocycles. The van der Waals surface area contributed by atoms with Crippen molar-refractivity contribution in [1.29, 1.82) is 0 Å². The van der Waals surface area contributed by atoms with E-state index in [9.17, 15) is 4.79 Å². The summed E-state index contributed by atoms with van der Waals surface area (Å²) in [7, 11) is 0. The van der Waals surface area contributed by atoms with Crippen molar-refractivity contribution in [2.45, 2.75) is 44.6 Å². The Labute approximate surface area is 79.3 Å². The molecule has 0 bridgehead atoms. The van der Waals surface area contributed by atoms with Gasteiger partial charge in [0.05, 0.1) is 0 Å². The summed E-state index contributed by atoms with van der Waals surface area (Å²) in [5.41, 5.74) is 2.33. The molecule has 2 nitrogen and oxygen atoms in total. The zero-order valence-corrected chi connectivity index (χ0v) is 8.14. The van der Waals surface area contributed by atoms with E-state index >= 15 is 0 Å². The molecule has 13 heavy (non-hydrogen) atoms. The normalized spacial score (nSPS) is 20.1. The maximum Gasteiger partial charge on any atom is 0.303 e. The number of rotatable bonds is 2. The fourth-order valence-electron chi connectivity index (χ4n) is 1.90. The Hall–Kier alpha value is -1.01. The van der Waals surface area contributed by atoms with Crippen LogP contribution in [0.1, 0.15) is 39.0 Å². The highest BCUT2D eigenvalue weighted by molar-refractivity contribution is 5.66. The van der Waals surface area contributed by atoms with Crippen LogP contribution in [0.25, 0.3) is 0 Å². The van der Waals surface area contributed by atoms with Gasteiger partial charge in [0, 0.05) is 13.0 Å². The predicted octanol–water partition coefficient (Wildman–Crippen LogP) is 2.59. The standard InChI is InChI=1S/C11H16O2/c1-3-7-11(13-10(2)12)8-5-4-6-9-11/h7H,1,4-6,8-9H2,2H3. The molecule has 1 fully saturated rings. The quantitative estimate of drug-likeness (QED) is 0.482. The molecule has 0 aliphatic heterocycles. The van der Waals surface area contributed by atoms with E-state index in [0.29, 0.717) is 0 Å². The van der Waals surface area contributed by atoms with Gasteiger partial charge in [-0.05, 0) is 25.7 Å². The minimum Gasteiger partial charge on any atom is -0.454 e. The predicted molar refractivity (Wildman–Crippen MR) is 51.3 cm³/mol. The molecule has 72 valence electrons. The van der Waals surface area contributed by atoms with Gasteiger partial charge in [0.15, 0.2) is 0 Å². The number of carbonyl (C=O) groups is 1. The Balaban J connectivity index is 2.72. The van der Waals surface area contributed by atoms with Crippen LogP contribution in [0.4, 0.5) is 0 Å². The second kappa shape index (κ2) is 4.29. The lowest BCUT2D eigenvalue weighted by Gasteiger charge is -2.32. The fourth-order valence-corrected chi connectivity index (χ4v) is 1.90. The molecule has 0 atom stereocenters. The molecule has 0 aromatic carbocycles. The number of carbonyl (C=O) groups excluding carboxylic acids is 1. The molecular weight excluding hydrogens is 164 g/mol. The van der Waals surface area contributed by atoms with Gasteiger partial charge < -0.3 is 4.74 Å². The molecule has 0 heterocycles. The highest BCUT2D eigenvalue weighted by Crippen LogP contribution is 2.32. The van der Waals surface area contributed by atoms with Crippen LogP contribution >= 0.6 is 0 Å². The summed E-state index contributed by atoms with van der Waals surface area (Å²) < 4.78 is 5.32. The van der Waals surface area contributed by atoms with Gasteiger partial charge >= 0.3 is 5.97 Å². The van der Waals surface area contributed by atoms with E-state index < -0.39 is 5.60 Å². The summed E-state index contributed by atoms with van der Waals surface area (Å²) in [5, 5.41) is 0. The molecule has 0 amide bonds. The van der Waals surface area contributed by atoms with Gasteiger partial charge in [-0.3, -0.25) is 4.79 Å². The van der Waals surface area contributed by atoms with Gasteiger partial charge in [0.25, 0.3) is 0 Å². The Morgan fingerprint density at radius 2 is 2.08 bits per heavy atom. The summed E-state index contributed by atoms with van der Waals surface area (Å²) in [6.45, 7) is 4.99. The average molecular weight is 180 g/mol. The van der Waals surface area contributed by atoms with Crippen LogP contribution in [0.5, 0.6) is 0 Å². The van der Waals surface area contributed by atoms with Crippen molar-refractivity contribution in [3.8, 4) is 0 Å². The second-order valence-corrected chi connectivity index (χ2v) is 3.57. The Kier molecular flexibility index (Phi) is 3.32. The number of ether oxygens (including phenoxy) is 1. The summed E-state index contributed by atoms with van der Waals surface area (Å²) >= 11 is 0. The molecule has 0 spiro atoms. The van der Waals surface area contributed by atoms with E-state index in [1.807, 2.05) is 0 Å². The summed E-state index contributed by atoms with van der Waals surface area (Å²) in [6.07, 6.45) is 7.09. The highest BCUT2D eigenvalue weighted by atomic mass is 16.6. The minimum atomic E-state index is -0.397. The molecule has 1 aliphatic rings. The first kappa shape index (κ1) is 10.1. The van der Waals surface area contributed by atoms with Crippen molar-refractivity contribution in [3.63, 3.8) is 0 Å². The lowest BCUT2D eigenvalue weighted by atomic mass is 9.84. The zero-order chi connectivity index (χ0) is 9.73. The molecule has 0 N–H and O–H groups in total. The first-order chi connectivity index (χ1) is 6.18. The van der Waals surface area contributed by atoms with Gasteiger partial charge in [-0.1, -0.05) is 13.0 Å². The molecule has 0 saturated heterocycles. The highest BCUT2D eigenvalue weighted by Gasteiger charge is 2.32. The van der Waals surface area contributed by atoms with Crippen molar-refractivity contribution in [1.82, 2.24) is 0 Å². The van der Waals surface area contributed by atoms with E-state index in [-0.39, 0.29) is 5.97 Å². The van der Waals surface area contributed by atoms with Crippen LogP contribution in [-0.4, -0.2) is 11.6 Å². The van der Waals surface area contributed by atoms with Gasteiger partial charge in [0.1, 0.15) is 5.60 Å². The Bertz CT molecular complexity index is 230. The van der Waals surface area contributed by atoms with Crippen LogP contribution in [0.2, 0.25) is 0 Å². The van der Waals surface area contributed by atoms with Crippen LogP contribution in [0, 0.1) is 0 Å². The molecule has 0 unspecified atom stereocenters. The third-order valence-electron chi connectivity index (χ3n) is 2.41. The van der Waals surface area contributed by atoms with Crippen LogP contribution in [-0.2, 0) is 9.53 Å². The summed E-state index contributed by atoms with van der Waals surface area (Å²) in [5.74, 6) is -0.214. The largest absolute Gasteiger partial charge is 0.454 e. The Morgan fingerprint density at radius 3 is 2.54 bits per heavy atom. The SMILES string of the molecule is C=C=CC1(OC(C)=O)CCCCC1. The van der Waals surface area contributed by atoms with Crippen LogP contribution < -0.4 is 0 Å². The molecular formula is C11H16O2. The second-order valence-electron chi connectivity index (χ2n) is 3.57. The zero-order valence-electron chi connectivity index (χ0n) is 8.14. The summed E-state index contributed by atoms with van der Waals surface area (Å²) in [6, 6.07) is 0. The molecule has 0 aromatic rings. The first-order valence-electron chi connectivity index (χ1n) is 4.75. The lowest BCUT2D eigenvalue weighted by molar-refractivity contribution is -0.154. The number of hydrogen-bond acceptors (Lipinski definition) is 2. The van der Waals surface area contributed by atoms with Crippen molar-refractivity contribution in [2.24, 2.45) is 0 Å². The summed E-state index contributed by atoms with van der Waals surface area (Å²) in [4.78, 5) is 10.9. The van der Waals surface area contributed by atoms with Crippen LogP contribution in [0.3, 0.4) is 0 Å². The average Bonchev–Trinajstić information content (AvgIpc) is 2.04. The van der Waals surface area contributed by atoms with E-state index in [1.165, 1.54) is 13.3 Å². The van der Waals surface area contributed by atoms with Crippen molar-refractivity contribution < 1.29 is 9.53 Å². The lowest BCUT2D eigenvalue weighted by Crippen LogP contribution is -2.34. The van der Waals surface area contributed by atoms with E-state index in [1.54, 1.807) is 6.08 Å². The van der Waals surface area contributed by atoms with Crippen LogP contribution in [0.15, 0.2) is 18.4 Å². The maximum atomic E-state index is 10.9. The van der Waals surface area contributed by atoms with Gasteiger partial charge in [-0.15, -0.1) is 5.73 Å². The molecule has 1 rings (SSSR count). The van der Waals surface area contributed by atoms with E-state index in [0.717, 1.165) is 25.7 Å². The topological polar surface area (TPSA) is 26.3 Å². The molecule has 1 aliphatic carbocycles. The van der Waals surface area contributed by atoms with Crippen molar-refractivity contribution >= 4 is 5.97 Å². The van der Waals surface area contributed by atoms with E-state index in [2.05, 4.69) is 12.3 Å². The fraction of sp³-hybridized carbons (Fsp3) is 0.636. The van der Waals surface area contributed by atoms with Gasteiger partial charge in [0.2, 0.25) is 0 Å². The van der Waals surface area contributed by atoms with Crippen molar-refractivity contribution in [2.75, 3.05) is 0 Å². The monoisotopic (exact) mass is 180 g/mol. The molecule has 0 radical (unpaired) electrons. The van der Waals surface area contributed by atoms with Crippen molar-refractivity contribution in [3.05, 3.63) is 18.4 Å². The smallest absolute Gasteiger partial charge is 0.303 e. The molecule has 0 aromatic heterocycles.